The van der Waals surface area contributed by atoms with E-state index in [4.69, 9.17) is 0 Å². The number of hydrogen-bond donors (Lipinski definition) is 0. The molecule has 64 valence electrons. The van der Waals surface area contributed by atoms with Crippen molar-refractivity contribution in [3.8, 4) is 0 Å². The molecule has 1 aliphatic carbocycles. The van der Waals surface area contributed by atoms with Gasteiger partial charge in [-0.15, -0.1) is 0 Å². The Morgan fingerprint density at radius 1 is 1.18 bits per heavy atom. The predicted octanol–water partition coefficient (Wildman–Crippen LogP) is 3.92. The van der Waals surface area contributed by atoms with E-state index < -0.39 is 0 Å². The Labute approximate surface area is 70.7 Å². The SMILES string of the molecule is CCCC1CCC=CCCC1. The topological polar surface area (TPSA) is 0 Å². The van der Waals surface area contributed by atoms with Crippen LogP contribution in [-0.4, -0.2) is 0 Å². The van der Waals surface area contributed by atoms with Crippen molar-refractivity contribution in [2.75, 3.05) is 0 Å². The maximum Gasteiger partial charge on any atom is -0.0348 e. The molecule has 1 rings (SSSR count). The Morgan fingerprint density at radius 3 is 2.82 bits per heavy atom. The van der Waals surface area contributed by atoms with Crippen molar-refractivity contribution in [1.29, 1.82) is 0 Å². The highest BCUT2D eigenvalue weighted by molar-refractivity contribution is 4.84. The molecule has 0 fully saturated rings. The van der Waals surface area contributed by atoms with Gasteiger partial charge in [-0.2, -0.15) is 0 Å². The molecule has 1 atom stereocenters. The van der Waals surface area contributed by atoms with E-state index in [1.807, 2.05) is 0 Å². The van der Waals surface area contributed by atoms with Crippen molar-refractivity contribution >= 4 is 0 Å². The van der Waals surface area contributed by atoms with Crippen LogP contribution in [0.1, 0.15) is 51.9 Å². The molecular weight excluding hydrogens is 132 g/mol. The second kappa shape index (κ2) is 5.40. The average Bonchev–Trinajstić information content (AvgIpc) is 1.94. The first-order chi connectivity index (χ1) is 5.43. The first kappa shape index (κ1) is 8.83. The maximum atomic E-state index is 2.36. The van der Waals surface area contributed by atoms with Crippen molar-refractivity contribution < 1.29 is 0 Å². The lowest BCUT2D eigenvalue weighted by atomic mass is 9.91. The summed E-state index contributed by atoms with van der Waals surface area (Å²) in [6, 6.07) is 0. The largest absolute Gasteiger partial charge is 0.0885 e. The number of rotatable bonds is 2. The molecule has 0 radical (unpaired) electrons. The molecule has 0 aromatic carbocycles. The van der Waals surface area contributed by atoms with Crippen LogP contribution in [0.3, 0.4) is 0 Å². The molecule has 0 amide bonds. The fraction of sp³-hybridized carbons (Fsp3) is 0.818. The average molecular weight is 152 g/mol. The summed E-state index contributed by atoms with van der Waals surface area (Å²) in [5.74, 6) is 1.03. The summed E-state index contributed by atoms with van der Waals surface area (Å²) in [7, 11) is 0. The second-order valence-corrected chi connectivity index (χ2v) is 3.63. The van der Waals surface area contributed by atoms with Gasteiger partial charge in [0.15, 0.2) is 0 Å². The van der Waals surface area contributed by atoms with Crippen LogP contribution in [0, 0.1) is 5.92 Å². The van der Waals surface area contributed by atoms with E-state index in [-0.39, 0.29) is 0 Å². The third-order valence-corrected chi connectivity index (χ3v) is 2.59. The molecule has 0 heteroatoms. The fourth-order valence-electron chi connectivity index (χ4n) is 1.93. The van der Waals surface area contributed by atoms with Gasteiger partial charge in [-0.3, -0.25) is 0 Å². The van der Waals surface area contributed by atoms with Gasteiger partial charge < -0.3 is 0 Å². The first-order valence-electron chi connectivity index (χ1n) is 5.08. The highest BCUT2D eigenvalue weighted by atomic mass is 14.1. The number of hydrogen-bond acceptors (Lipinski definition) is 0. The molecule has 0 nitrogen and oxygen atoms in total. The molecule has 0 heterocycles. The van der Waals surface area contributed by atoms with E-state index in [0.717, 1.165) is 5.92 Å². The molecule has 1 unspecified atom stereocenters. The summed E-state index contributed by atoms with van der Waals surface area (Å²) in [6.07, 6.45) is 14.5. The Morgan fingerprint density at radius 2 is 2.00 bits per heavy atom. The van der Waals surface area contributed by atoms with Crippen LogP contribution in [0.5, 0.6) is 0 Å². The van der Waals surface area contributed by atoms with Gasteiger partial charge in [0.05, 0.1) is 0 Å². The standard InChI is InChI=1S/C11H20/c1-2-8-11-9-6-4-3-5-7-10-11/h3-4,11H,2,5-10H2,1H3. The molecule has 0 N–H and O–H groups in total. The lowest BCUT2D eigenvalue weighted by molar-refractivity contribution is 0.403. The highest BCUT2D eigenvalue weighted by Crippen LogP contribution is 2.22. The van der Waals surface area contributed by atoms with E-state index in [0.29, 0.717) is 0 Å². The molecule has 0 aromatic rings. The molecule has 0 bridgehead atoms. The third-order valence-electron chi connectivity index (χ3n) is 2.59. The van der Waals surface area contributed by atoms with Crippen molar-refractivity contribution in [3.05, 3.63) is 12.2 Å². The van der Waals surface area contributed by atoms with Crippen molar-refractivity contribution in [1.82, 2.24) is 0 Å². The minimum absolute atomic E-state index is 1.03. The molecule has 0 spiro atoms. The molecule has 0 aliphatic heterocycles. The van der Waals surface area contributed by atoms with Crippen molar-refractivity contribution in [2.45, 2.75) is 51.9 Å². The van der Waals surface area contributed by atoms with Crippen LogP contribution in [0.15, 0.2) is 12.2 Å². The van der Waals surface area contributed by atoms with E-state index in [9.17, 15) is 0 Å². The monoisotopic (exact) mass is 152 g/mol. The molecule has 0 saturated carbocycles. The van der Waals surface area contributed by atoms with Crippen LogP contribution in [0.25, 0.3) is 0 Å². The van der Waals surface area contributed by atoms with Crippen LogP contribution in [0.4, 0.5) is 0 Å². The van der Waals surface area contributed by atoms with Crippen LogP contribution in [-0.2, 0) is 0 Å². The van der Waals surface area contributed by atoms with E-state index >= 15 is 0 Å². The minimum atomic E-state index is 1.03. The van der Waals surface area contributed by atoms with Crippen LogP contribution in [0.2, 0.25) is 0 Å². The van der Waals surface area contributed by atoms with E-state index in [1.165, 1.54) is 44.9 Å². The zero-order valence-corrected chi connectivity index (χ0v) is 7.68. The summed E-state index contributed by atoms with van der Waals surface area (Å²) < 4.78 is 0. The van der Waals surface area contributed by atoms with Gasteiger partial charge in [-0.1, -0.05) is 38.3 Å². The summed E-state index contributed by atoms with van der Waals surface area (Å²) in [4.78, 5) is 0. The van der Waals surface area contributed by atoms with Gasteiger partial charge in [0.2, 0.25) is 0 Å². The fourth-order valence-corrected chi connectivity index (χ4v) is 1.93. The van der Waals surface area contributed by atoms with E-state index in [1.54, 1.807) is 0 Å². The van der Waals surface area contributed by atoms with Gasteiger partial charge in [-0.05, 0) is 31.6 Å². The molecule has 11 heavy (non-hydrogen) atoms. The zero-order valence-electron chi connectivity index (χ0n) is 7.68. The highest BCUT2D eigenvalue weighted by Gasteiger charge is 2.07. The normalized spacial score (nSPS) is 26.1. The Hall–Kier alpha value is -0.260. The van der Waals surface area contributed by atoms with Crippen LogP contribution >= 0.6 is 0 Å². The van der Waals surface area contributed by atoms with Crippen molar-refractivity contribution in [2.24, 2.45) is 5.92 Å². The third kappa shape index (κ3) is 3.60. The van der Waals surface area contributed by atoms with Gasteiger partial charge >= 0.3 is 0 Å². The molecule has 1 aliphatic rings. The minimum Gasteiger partial charge on any atom is -0.0885 e. The van der Waals surface area contributed by atoms with E-state index in [2.05, 4.69) is 19.1 Å². The zero-order chi connectivity index (χ0) is 7.94. The predicted molar refractivity (Wildman–Crippen MR) is 50.6 cm³/mol. The summed E-state index contributed by atoms with van der Waals surface area (Å²) >= 11 is 0. The second-order valence-electron chi connectivity index (χ2n) is 3.63. The molecule has 0 saturated heterocycles. The van der Waals surface area contributed by atoms with Gasteiger partial charge in [0.25, 0.3) is 0 Å². The molecular formula is C11H20. The number of allylic oxidation sites excluding steroid dienone is 2. The Balaban J connectivity index is 2.24. The smallest absolute Gasteiger partial charge is 0.0348 e. The summed E-state index contributed by atoms with van der Waals surface area (Å²) in [5, 5.41) is 0. The summed E-state index contributed by atoms with van der Waals surface area (Å²) in [5.41, 5.74) is 0. The lowest BCUT2D eigenvalue weighted by Gasteiger charge is -2.15. The lowest BCUT2D eigenvalue weighted by Crippen LogP contribution is -2.00. The maximum absolute atomic E-state index is 2.36. The first-order valence-corrected chi connectivity index (χ1v) is 5.08. The van der Waals surface area contributed by atoms with Crippen LogP contribution < -0.4 is 0 Å². The van der Waals surface area contributed by atoms with Gasteiger partial charge in [-0.25, -0.2) is 0 Å². The quantitative estimate of drug-likeness (QED) is 0.526. The van der Waals surface area contributed by atoms with Gasteiger partial charge in [0, 0.05) is 0 Å². The van der Waals surface area contributed by atoms with Gasteiger partial charge in [0.1, 0.15) is 0 Å². The summed E-state index contributed by atoms with van der Waals surface area (Å²) in [6.45, 7) is 2.30. The Bertz CT molecular complexity index is 113. The Kier molecular flexibility index (Phi) is 4.33. The molecule has 0 aromatic heterocycles. The van der Waals surface area contributed by atoms with Crippen molar-refractivity contribution in [3.63, 3.8) is 0 Å².